The minimum Gasteiger partial charge on any atom is -0.326 e. The van der Waals surface area contributed by atoms with Crippen molar-refractivity contribution in [3.05, 3.63) is 54.1 Å². The van der Waals surface area contributed by atoms with E-state index >= 15 is 0 Å². The van der Waals surface area contributed by atoms with E-state index in [1.807, 2.05) is 26.8 Å². The summed E-state index contributed by atoms with van der Waals surface area (Å²) in [6.07, 6.45) is 1.43. The van der Waals surface area contributed by atoms with Crippen LogP contribution in [0.4, 0.5) is 17.1 Å². The maximum atomic E-state index is 13.3. The third-order valence-corrected chi connectivity index (χ3v) is 6.35. The molecule has 0 bridgehead atoms. The lowest BCUT2D eigenvalue weighted by Crippen LogP contribution is -2.62. The number of hydrogen-bond donors (Lipinski definition) is 2. The first kappa shape index (κ1) is 23.5. The van der Waals surface area contributed by atoms with Gasteiger partial charge in [0.25, 0.3) is 5.91 Å². The van der Waals surface area contributed by atoms with Crippen LogP contribution < -0.4 is 15.5 Å². The molecule has 2 aromatic carbocycles. The van der Waals surface area contributed by atoms with Crippen molar-refractivity contribution in [2.45, 2.75) is 52.1 Å². The SMILES string of the molecule is CC(C)CC(=O)Nc1ccc(NC(=O)CCN2C(=O)c3ccccc3N3C(=O)CCC23C)cc1. The minimum atomic E-state index is -0.779. The molecule has 178 valence electrons. The predicted molar refractivity (Wildman–Crippen MR) is 130 cm³/mol. The first-order chi connectivity index (χ1) is 16.2. The summed E-state index contributed by atoms with van der Waals surface area (Å²) >= 11 is 0. The van der Waals surface area contributed by atoms with Crippen LogP contribution in [-0.4, -0.2) is 40.7 Å². The molecule has 0 aliphatic carbocycles. The monoisotopic (exact) mass is 462 g/mol. The Morgan fingerprint density at radius 3 is 2.24 bits per heavy atom. The lowest BCUT2D eigenvalue weighted by atomic mass is 9.98. The van der Waals surface area contributed by atoms with Gasteiger partial charge in [-0.3, -0.25) is 24.1 Å². The van der Waals surface area contributed by atoms with Gasteiger partial charge in [-0.15, -0.1) is 0 Å². The van der Waals surface area contributed by atoms with E-state index < -0.39 is 5.66 Å². The van der Waals surface area contributed by atoms with Gasteiger partial charge in [0.2, 0.25) is 17.7 Å². The standard InChI is InChI=1S/C26H30N4O4/c1-17(2)16-23(32)28-19-10-8-18(9-11-19)27-22(31)13-15-29-25(34)20-6-4-5-7-21(20)30-24(33)12-14-26(29,30)3/h4-11,17H,12-16H2,1-3H3,(H,27,31)(H,28,32). The Bertz CT molecular complexity index is 1130. The number of nitrogens with zero attached hydrogens (tertiary/aromatic N) is 2. The van der Waals surface area contributed by atoms with E-state index in [1.54, 1.807) is 52.3 Å². The fraction of sp³-hybridized carbons (Fsp3) is 0.385. The number of fused-ring (bicyclic) bond motifs is 3. The van der Waals surface area contributed by atoms with Crippen molar-refractivity contribution in [3.8, 4) is 0 Å². The third kappa shape index (κ3) is 4.53. The molecule has 2 aliphatic heterocycles. The Balaban J connectivity index is 1.40. The molecule has 4 amide bonds. The number of para-hydroxylation sites is 1. The summed E-state index contributed by atoms with van der Waals surface area (Å²) in [5.41, 5.74) is 1.61. The van der Waals surface area contributed by atoms with Crippen molar-refractivity contribution in [2.75, 3.05) is 22.1 Å². The Morgan fingerprint density at radius 1 is 0.971 bits per heavy atom. The molecule has 2 heterocycles. The molecule has 1 fully saturated rings. The summed E-state index contributed by atoms with van der Waals surface area (Å²) in [6, 6.07) is 14.0. The highest BCUT2D eigenvalue weighted by atomic mass is 16.2. The molecule has 1 atom stereocenters. The fourth-order valence-corrected chi connectivity index (χ4v) is 4.70. The number of amides is 4. The van der Waals surface area contributed by atoms with E-state index in [9.17, 15) is 19.2 Å². The highest BCUT2D eigenvalue weighted by molar-refractivity contribution is 6.10. The molecule has 2 aromatic rings. The van der Waals surface area contributed by atoms with Crippen molar-refractivity contribution < 1.29 is 19.2 Å². The first-order valence-electron chi connectivity index (χ1n) is 11.6. The minimum absolute atomic E-state index is 0.0162. The van der Waals surface area contributed by atoms with Crippen LogP contribution >= 0.6 is 0 Å². The zero-order valence-corrected chi connectivity index (χ0v) is 19.8. The molecule has 1 saturated heterocycles. The summed E-state index contributed by atoms with van der Waals surface area (Å²) in [4.78, 5) is 53.8. The Labute approximate surface area is 199 Å². The Kier molecular flexibility index (Phi) is 6.41. The van der Waals surface area contributed by atoms with Gasteiger partial charge in [0.15, 0.2) is 0 Å². The number of anilines is 3. The average molecular weight is 463 g/mol. The highest BCUT2D eigenvalue weighted by Gasteiger charge is 2.52. The molecule has 0 radical (unpaired) electrons. The van der Waals surface area contributed by atoms with Gasteiger partial charge in [0.1, 0.15) is 5.66 Å². The summed E-state index contributed by atoms with van der Waals surface area (Å²) in [6.45, 7) is 6.05. The number of benzene rings is 2. The van der Waals surface area contributed by atoms with E-state index in [0.717, 1.165) is 0 Å². The zero-order valence-electron chi connectivity index (χ0n) is 19.8. The number of carbonyl (C=O) groups excluding carboxylic acids is 4. The molecule has 34 heavy (non-hydrogen) atoms. The van der Waals surface area contributed by atoms with Gasteiger partial charge in [0.05, 0.1) is 11.3 Å². The number of nitrogens with one attached hydrogen (secondary N) is 2. The van der Waals surface area contributed by atoms with Gasteiger partial charge < -0.3 is 15.5 Å². The topological polar surface area (TPSA) is 98.8 Å². The van der Waals surface area contributed by atoms with Crippen LogP contribution in [-0.2, 0) is 14.4 Å². The van der Waals surface area contributed by atoms with E-state index in [0.29, 0.717) is 41.9 Å². The van der Waals surface area contributed by atoms with Crippen molar-refractivity contribution in [3.63, 3.8) is 0 Å². The maximum Gasteiger partial charge on any atom is 0.257 e. The molecule has 2 aliphatic rings. The van der Waals surface area contributed by atoms with Gasteiger partial charge in [-0.05, 0) is 55.7 Å². The summed E-state index contributed by atoms with van der Waals surface area (Å²) in [5.74, 6) is -0.193. The largest absolute Gasteiger partial charge is 0.326 e. The summed E-state index contributed by atoms with van der Waals surface area (Å²) in [7, 11) is 0. The van der Waals surface area contributed by atoms with E-state index in [-0.39, 0.29) is 42.5 Å². The van der Waals surface area contributed by atoms with Crippen molar-refractivity contribution in [1.29, 1.82) is 0 Å². The molecule has 4 rings (SSSR count). The van der Waals surface area contributed by atoms with E-state index in [2.05, 4.69) is 10.6 Å². The lowest BCUT2D eigenvalue weighted by molar-refractivity contribution is -0.118. The summed E-state index contributed by atoms with van der Waals surface area (Å²) < 4.78 is 0. The zero-order chi connectivity index (χ0) is 24.5. The van der Waals surface area contributed by atoms with E-state index in [4.69, 9.17) is 0 Å². The van der Waals surface area contributed by atoms with Gasteiger partial charge in [-0.2, -0.15) is 0 Å². The van der Waals surface area contributed by atoms with Gasteiger partial charge in [-0.1, -0.05) is 26.0 Å². The van der Waals surface area contributed by atoms with Crippen molar-refractivity contribution in [1.82, 2.24) is 4.90 Å². The average Bonchev–Trinajstić information content (AvgIpc) is 3.09. The lowest BCUT2D eigenvalue weighted by Gasteiger charge is -2.48. The second-order valence-corrected chi connectivity index (χ2v) is 9.44. The van der Waals surface area contributed by atoms with Crippen molar-refractivity contribution in [2.24, 2.45) is 5.92 Å². The molecule has 0 aromatic heterocycles. The van der Waals surface area contributed by atoms with Crippen LogP contribution in [0.15, 0.2) is 48.5 Å². The molecular formula is C26H30N4O4. The smallest absolute Gasteiger partial charge is 0.257 e. The normalized spacial score (nSPS) is 19.2. The van der Waals surface area contributed by atoms with Crippen LogP contribution in [0.1, 0.15) is 56.8 Å². The number of carbonyl (C=O) groups is 4. The van der Waals surface area contributed by atoms with Gasteiger partial charge >= 0.3 is 0 Å². The van der Waals surface area contributed by atoms with Crippen LogP contribution in [0.5, 0.6) is 0 Å². The quantitative estimate of drug-likeness (QED) is 0.650. The number of rotatable bonds is 7. The Morgan fingerprint density at radius 2 is 1.59 bits per heavy atom. The molecule has 0 saturated carbocycles. The molecule has 8 nitrogen and oxygen atoms in total. The third-order valence-electron chi connectivity index (χ3n) is 6.35. The fourth-order valence-electron chi connectivity index (χ4n) is 4.70. The van der Waals surface area contributed by atoms with Crippen LogP contribution in [0, 0.1) is 5.92 Å². The van der Waals surface area contributed by atoms with Gasteiger partial charge in [-0.25, -0.2) is 0 Å². The van der Waals surface area contributed by atoms with E-state index in [1.165, 1.54) is 0 Å². The van der Waals surface area contributed by atoms with Crippen molar-refractivity contribution >= 4 is 40.7 Å². The van der Waals surface area contributed by atoms with Crippen LogP contribution in [0.3, 0.4) is 0 Å². The molecular weight excluding hydrogens is 432 g/mol. The molecule has 2 N–H and O–H groups in total. The Hall–Kier alpha value is -3.68. The molecule has 0 spiro atoms. The predicted octanol–water partition coefficient (Wildman–Crippen LogP) is 4.00. The first-order valence-corrected chi connectivity index (χ1v) is 11.6. The van der Waals surface area contributed by atoms with Crippen LogP contribution in [0.25, 0.3) is 0 Å². The molecule has 8 heteroatoms. The highest BCUT2D eigenvalue weighted by Crippen LogP contribution is 2.43. The number of hydrogen-bond acceptors (Lipinski definition) is 4. The maximum absolute atomic E-state index is 13.3. The second-order valence-electron chi connectivity index (χ2n) is 9.44. The summed E-state index contributed by atoms with van der Waals surface area (Å²) in [5, 5.41) is 5.68. The molecule has 1 unspecified atom stereocenters. The van der Waals surface area contributed by atoms with Crippen LogP contribution in [0.2, 0.25) is 0 Å². The second kappa shape index (κ2) is 9.29. The van der Waals surface area contributed by atoms with Gasteiger partial charge in [0, 0.05) is 37.2 Å².